The number of para-hydroxylation sites is 1. The molecule has 0 aliphatic rings. The third-order valence-electron chi connectivity index (χ3n) is 5.32. The lowest BCUT2D eigenvalue weighted by Gasteiger charge is -2.30. The van der Waals surface area contributed by atoms with E-state index in [1.54, 1.807) is 12.1 Å². The summed E-state index contributed by atoms with van der Waals surface area (Å²) in [5.74, 6) is 1.11. The molecule has 1 unspecified atom stereocenters. The summed E-state index contributed by atoms with van der Waals surface area (Å²) >= 11 is 5.98. The van der Waals surface area contributed by atoms with Crippen LogP contribution in [0.5, 0.6) is 0 Å². The number of nitrogens with zero attached hydrogens (tertiary/aromatic N) is 3. The lowest BCUT2D eigenvalue weighted by atomic mass is 10.2. The fourth-order valence-corrected chi connectivity index (χ4v) is 3.34. The second kappa shape index (κ2) is 9.34. The standard InChI is InChI=1S/C23H26ClN4O2/c1-16-17(2)26-23(18-9-11-19(24)12-10-18)27-22(16)25-15-21(30)28(3,13-14-29)20-7-5-4-6-8-20/h4-12,29H,13-15H2,1-3H3,(H,25,26,27)/q+1. The Kier molecular flexibility index (Phi) is 6.82. The van der Waals surface area contributed by atoms with Gasteiger partial charge in [-0.3, -0.25) is 0 Å². The van der Waals surface area contributed by atoms with Crippen molar-refractivity contribution in [1.29, 1.82) is 0 Å². The SMILES string of the molecule is Cc1nc(-c2ccc(Cl)cc2)nc(NCC(=O)[N+](C)(CCO)c2ccccc2)c1C. The predicted octanol–water partition coefficient (Wildman–Crippen LogP) is 3.98. The second-order valence-corrected chi connectivity index (χ2v) is 7.77. The number of carbonyl (C=O) groups is 1. The van der Waals surface area contributed by atoms with Gasteiger partial charge in [-0.1, -0.05) is 29.8 Å². The van der Waals surface area contributed by atoms with Gasteiger partial charge >= 0.3 is 5.91 Å². The summed E-state index contributed by atoms with van der Waals surface area (Å²) in [5, 5.41) is 13.4. The summed E-state index contributed by atoms with van der Waals surface area (Å²) in [6, 6.07) is 16.8. The molecule has 0 spiro atoms. The van der Waals surface area contributed by atoms with Crippen LogP contribution in [0.3, 0.4) is 0 Å². The van der Waals surface area contributed by atoms with E-state index in [0.29, 0.717) is 23.2 Å². The van der Waals surface area contributed by atoms with Crippen molar-refractivity contribution < 1.29 is 9.90 Å². The fourth-order valence-electron chi connectivity index (χ4n) is 3.22. The molecule has 3 aromatic rings. The maximum absolute atomic E-state index is 13.2. The summed E-state index contributed by atoms with van der Waals surface area (Å²) in [6.45, 7) is 4.11. The molecule has 30 heavy (non-hydrogen) atoms. The third-order valence-corrected chi connectivity index (χ3v) is 5.57. The number of hydrogen-bond donors (Lipinski definition) is 2. The minimum absolute atomic E-state index is 0.00249. The van der Waals surface area contributed by atoms with Crippen LogP contribution < -0.4 is 9.80 Å². The van der Waals surface area contributed by atoms with Crippen molar-refractivity contribution in [3.63, 3.8) is 0 Å². The molecule has 2 N–H and O–H groups in total. The molecule has 0 aliphatic heterocycles. The van der Waals surface area contributed by atoms with Crippen LogP contribution in [0.1, 0.15) is 11.3 Å². The van der Waals surface area contributed by atoms with Gasteiger partial charge in [-0.05, 0) is 50.2 Å². The molecule has 0 radical (unpaired) electrons. The highest BCUT2D eigenvalue weighted by molar-refractivity contribution is 6.30. The lowest BCUT2D eigenvalue weighted by molar-refractivity contribution is -0.127. The van der Waals surface area contributed by atoms with Crippen molar-refractivity contribution in [2.24, 2.45) is 0 Å². The van der Waals surface area contributed by atoms with Gasteiger partial charge in [-0.2, -0.15) is 0 Å². The number of aromatic nitrogens is 2. The number of amides is 1. The molecular formula is C23H26ClN4O2+. The van der Waals surface area contributed by atoms with Crippen LogP contribution in [-0.2, 0) is 4.79 Å². The highest BCUT2D eigenvalue weighted by Crippen LogP contribution is 2.24. The van der Waals surface area contributed by atoms with Crippen molar-refractivity contribution in [2.45, 2.75) is 13.8 Å². The van der Waals surface area contributed by atoms with Gasteiger partial charge in [0.2, 0.25) is 0 Å². The number of aliphatic hydroxyl groups excluding tert-OH is 1. The number of quaternary nitrogens is 1. The fraction of sp³-hybridized carbons (Fsp3) is 0.261. The number of halogens is 1. The zero-order chi connectivity index (χ0) is 21.7. The van der Waals surface area contributed by atoms with Gasteiger partial charge in [0.15, 0.2) is 5.82 Å². The van der Waals surface area contributed by atoms with E-state index >= 15 is 0 Å². The van der Waals surface area contributed by atoms with Gasteiger partial charge in [0.25, 0.3) is 0 Å². The van der Waals surface area contributed by atoms with Crippen LogP contribution in [0.4, 0.5) is 11.5 Å². The van der Waals surface area contributed by atoms with Crippen molar-refractivity contribution in [2.75, 3.05) is 32.1 Å². The highest BCUT2D eigenvalue weighted by Gasteiger charge is 2.33. The Labute approximate surface area is 181 Å². The summed E-state index contributed by atoms with van der Waals surface area (Å²) < 4.78 is -0.00249. The first kappa shape index (κ1) is 21.9. The topological polar surface area (TPSA) is 75.1 Å². The van der Waals surface area contributed by atoms with Crippen molar-refractivity contribution >= 4 is 29.0 Å². The summed E-state index contributed by atoms with van der Waals surface area (Å²) in [6.07, 6.45) is 0. The Balaban J connectivity index is 1.85. The van der Waals surface area contributed by atoms with E-state index < -0.39 is 0 Å². The van der Waals surface area contributed by atoms with Gasteiger partial charge in [-0.25, -0.2) is 19.2 Å². The van der Waals surface area contributed by atoms with E-state index in [2.05, 4.69) is 15.3 Å². The molecule has 0 bridgehead atoms. The van der Waals surface area contributed by atoms with Crippen LogP contribution in [0.15, 0.2) is 54.6 Å². The molecule has 2 aromatic carbocycles. The van der Waals surface area contributed by atoms with Gasteiger partial charge in [0, 0.05) is 21.8 Å². The van der Waals surface area contributed by atoms with Gasteiger partial charge in [-0.15, -0.1) is 0 Å². The molecule has 0 saturated carbocycles. The molecule has 0 fully saturated rings. The molecule has 6 nitrogen and oxygen atoms in total. The maximum Gasteiger partial charge on any atom is 0.337 e. The number of anilines is 1. The number of rotatable bonds is 7. The van der Waals surface area contributed by atoms with E-state index in [-0.39, 0.29) is 23.5 Å². The highest BCUT2D eigenvalue weighted by atomic mass is 35.5. The largest absolute Gasteiger partial charge is 0.390 e. The van der Waals surface area contributed by atoms with E-state index in [4.69, 9.17) is 11.6 Å². The molecule has 1 heterocycles. The molecule has 1 amide bonds. The number of benzene rings is 2. The van der Waals surface area contributed by atoms with Gasteiger partial charge in [0.05, 0.1) is 13.7 Å². The van der Waals surface area contributed by atoms with E-state index in [9.17, 15) is 9.90 Å². The average Bonchev–Trinajstić information content (AvgIpc) is 2.75. The first-order valence-electron chi connectivity index (χ1n) is 9.75. The van der Waals surface area contributed by atoms with Crippen molar-refractivity contribution in [1.82, 2.24) is 14.5 Å². The van der Waals surface area contributed by atoms with Crippen LogP contribution >= 0.6 is 11.6 Å². The molecule has 0 aliphatic carbocycles. The average molecular weight is 426 g/mol. The number of aryl methyl sites for hydroxylation is 1. The van der Waals surface area contributed by atoms with Crippen LogP contribution in [0, 0.1) is 13.8 Å². The Bertz CT molecular complexity index is 1030. The van der Waals surface area contributed by atoms with Crippen LogP contribution in [-0.4, -0.2) is 47.7 Å². The Morgan fingerprint density at radius 2 is 1.73 bits per heavy atom. The minimum Gasteiger partial charge on any atom is -0.390 e. The molecule has 1 aromatic heterocycles. The normalized spacial score (nSPS) is 13.0. The van der Waals surface area contributed by atoms with Crippen molar-refractivity contribution in [3.8, 4) is 11.4 Å². The first-order chi connectivity index (χ1) is 14.3. The number of likely N-dealkylation sites (N-methyl/N-ethyl adjacent to an activating group) is 1. The second-order valence-electron chi connectivity index (χ2n) is 7.33. The van der Waals surface area contributed by atoms with Gasteiger partial charge < -0.3 is 10.4 Å². The molecule has 7 heteroatoms. The summed E-state index contributed by atoms with van der Waals surface area (Å²) in [7, 11) is 1.81. The molecular weight excluding hydrogens is 400 g/mol. The Hall–Kier alpha value is -2.80. The Morgan fingerprint density at radius 1 is 1.07 bits per heavy atom. The first-order valence-corrected chi connectivity index (χ1v) is 10.1. The summed E-state index contributed by atoms with van der Waals surface area (Å²) in [5.41, 5.74) is 3.40. The quantitative estimate of drug-likeness (QED) is 0.560. The third kappa shape index (κ3) is 4.67. The lowest BCUT2D eigenvalue weighted by Crippen LogP contribution is -2.54. The number of carbonyl (C=O) groups excluding carboxylic acids is 1. The minimum atomic E-state index is -0.0938. The number of nitrogens with one attached hydrogen (secondary N) is 1. The number of hydrogen-bond acceptors (Lipinski definition) is 5. The molecule has 156 valence electrons. The molecule has 3 rings (SSSR count). The van der Waals surface area contributed by atoms with E-state index in [1.807, 2.05) is 63.4 Å². The predicted molar refractivity (Wildman–Crippen MR) is 122 cm³/mol. The van der Waals surface area contributed by atoms with E-state index in [1.165, 1.54) is 0 Å². The molecule has 0 saturated heterocycles. The number of aliphatic hydroxyl groups is 1. The Morgan fingerprint density at radius 3 is 2.37 bits per heavy atom. The van der Waals surface area contributed by atoms with Crippen LogP contribution in [0.2, 0.25) is 5.02 Å². The molecule has 1 atom stereocenters. The summed E-state index contributed by atoms with van der Waals surface area (Å²) in [4.78, 5) is 22.4. The van der Waals surface area contributed by atoms with E-state index in [0.717, 1.165) is 22.5 Å². The monoisotopic (exact) mass is 425 g/mol. The van der Waals surface area contributed by atoms with Gasteiger partial charge in [0.1, 0.15) is 24.6 Å². The zero-order valence-electron chi connectivity index (χ0n) is 17.4. The maximum atomic E-state index is 13.2. The zero-order valence-corrected chi connectivity index (χ0v) is 18.1. The van der Waals surface area contributed by atoms with Crippen molar-refractivity contribution in [3.05, 3.63) is 70.9 Å². The smallest absolute Gasteiger partial charge is 0.337 e. The van der Waals surface area contributed by atoms with Crippen LogP contribution in [0.25, 0.3) is 11.4 Å².